The summed E-state index contributed by atoms with van der Waals surface area (Å²) in [4.78, 5) is 32.2. The fourth-order valence-electron chi connectivity index (χ4n) is 0.820. The number of amides is 1. The van der Waals surface area contributed by atoms with Crippen LogP contribution in [0, 0.1) is 0 Å². The van der Waals surface area contributed by atoms with Crippen molar-refractivity contribution in [3.63, 3.8) is 0 Å². The van der Waals surface area contributed by atoms with E-state index in [1.807, 2.05) is 10.0 Å². The fourth-order valence-corrected chi connectivity index (χ4v) is 1.75. The van der Waals surface area contributed by atoms with Crippen LogP contribution in [0.5, 0.6) is 0 Å². The highest BCUT2D eigenvalue weighted by Crippen LogP contribution is 1.99. The molecule has 0 saturated heterocycles. The Kier molecular flexibility index (Phi) is 6.27. The lowest BCUT2D eigenvalue weighted by atomic mass is 10.5. The zero-order chi connectivity index (χ0) is 14.3. The Bertz CT molecular complexity index is 431. The summed E-state index contributed by atoms with van der Waals surface area (Å²) in [6.45, 7) is -0.173. The molecule has 3 N–H and O–H groups in total. The van der Waals surface area contributed by atoms with Crippen molar-refractivity contribution in [2.75, 3.05) is 20.2 Å². The van der Waals surface area contributed by atoms with Crippen molar-refractivity contribution in [2.24, 2.45) is 0 Å². The van der Waals surface area contributed by atoms with Crippen LogP contribution in [0.1, 0.15) is 6.92 Å². The predicted octanol–water partition coefficient (Wildman–Crippen LogP) is -2.33. The first kappa shape index (κ1) is 16.3. The summed E-state index contributed by atoms with van der Waals surface area (Å²) < 4.78 is 29.0. The number of rotatable bonds is 7. The van der Waals surface area contributed by atoms with E-state index in [0.717, 1.165) is 14.0 Å². The second kappa shape index (κ2) is 6.91. The van der Waals surface area contributed by atoms with E-state index in [4.69, 9.17) is 5.11 Å². The van der Waals surface area contributed by atoms with Crippen LogP contribution < -0.4 is 10.0 Å². The topological polar surface area (TPSA) is 139 Å². The molecule has 0 spiro atoms. The van der Waals surface area contributed by atoms with Crippen molar-refractivity contribution in [2.45, 2.75) is 12.2 Å². The minimum Gasteiger partial charge on any atom is -0.480 e. The van der Waals surface area contributed by atoms with Crippen LogP contribution in [0.2, 0.25) is 0 Å². The highest BCUT2D eigenvalue weighted by Gasteiger charge is 2.28. The highest BCUT2D eigenvalue weighted by molar-refractivity contribution is 7.90. The van der Waals surface area contributed by atoms with Crippen molar-refractivity contribution in [1.82, 2.24) is 10.0 Å². The van der Waals surface area contributed by atoms with Crippen LogP contribution in [-0.4, -0.2) is 56.8 Å². The van der Waals surface area contributed by atoms with Crippen LogP contribution in [0.15, 0.2) is 0 Å². The molecule has 0 heterocycles. The highest BCUT2D eigenvalue weighted by atomic mass is 32.2. The van der Waals surface area contributed by atoms with Gasteiger partial charge in [0.2, 0.25) is 15.9 Å². The number of carbonyl (C=O) groups excluding carboxylic acids is 2. The lowest BCUT2D eigenvalue weighted by Gasteiger charge is -2.11. The first-order chi connectivity index (χ1) is 8.20. The van der Waals surface area contributed by atoms with E-state index in [0.29, 0.717) is 0 Å². The Hall–Kier alpha value is -1.68. The molecule has 1 atom stereocenters. The summed E-state index contributed by atoms with van der Waals surface area (Å²) in [7, 11) is -3.00. The van der Waals surface area contributed by atoms with Crippen LogP contribution in [-0.2, 0) is 29.1 Å². The predicted molar refractivity (Wildman–Crippen MR) is 59.0 cm³/mol. The van der Waals surface area contributed by atoms with Crippen LogP contribution in [0.25, 0.3) is 0 Å². The number of methoxy groups -OCH3 is 1. The first-order valence-corrected chi connectivity index (χ1v) is 6.30. The summed E-state index contributed by atoms with van der Waals surface area (Å²) in [5, 5.41) is 8.76. The van der Waals surface area contributed by atoms with Crippen molar-refractivity contribution < 1.29 is 32.6 Å². The monoisotopic (exact) mass is 282 g/mol. The van der Waals surface area contributed by atoms with Gasteiger partial charge < -0.3 is 15.2 Å². The number of hydrogen-bond donors (Lipinski definition) is 3. The lowest BCUT2D eigenvalue weighted by Crippen LogP contribution is -2.44. The van der Waals surface area contributed by atoms with Gasteiger partial charge in [0.25, 0.3) is 0 Å². The number of hydrogen-bond acceptors (Lipinski definition) is 6. The Labute approximate surface area is 104 Å². The number of carbonyl (C=O) groups is 3. The molecule has 0 aromatic carbocycles. The molecule has 0 aromatic rings. The standard InChI is InChI=1S/C8H14N2O7S/c1-5(8(14)17-2)18(15,16)10-3-6(11)9-4-7(12)13/h5,10H,3-4H2,1-2H3,(H,9,11)(H,12,13). The summed E-state index contributed by atoms with van der Waals surface area (Å²) in [5.41, 5.74) is 0. The van der Waals surface area contributed by atoms with Crippen LogP contribution >= 0.6 is 0 Å². The summed E-state index contributed by atoms with van der Waals surface area (Å²) in [6.07, 6.45) is 0. The second-order valence-corrected chi connectivity index (χ2v) is 5.29. The average molecular weight is 282 g/mol. The Balaban J connectivity index is 4.31. The molecule has 0 fully saturated rings. The van der Waals surface area contributed by atoms with E-state index >= 15 is 0 Å². The van der Waals surface area contributed by atoms with Gasteiger partial charge in [-0.05, 0) is 6.92 Å². The lowest BCUT2D eigenvalue weighted by molar-refractivity contribution is -0.139. The zero-order valence-electron chi connectivity index (χ0n) is 9.80. The molecule has 0 aromatic heterocycles. The van der Waals surface area contributed by atoms with Gasteiger partial charge >= 0.3 is 11.9 Å². The molecule has 0 aliphatic heterocycles. The molecule has 18 heavy (non-hydrogen) atoms. The molecule has 10 heteroatoms. The number of nitrogens with one attached hydrogen (secondary N) is 2. The number of ether oxygens (including phenoxy) is 1. The summed E-state index contributed by atoms with van der Waals surface area (Å²) >= 11 is 0. The van der Waals surface area contributed by atoms with E-state index in [-0.39, 0.29) is 0 Å². The third-order valence-electron chi connectivity index (χ3n) is 1.87. The molecular formula is C8H14N2O7S. The van der Waals surface area contributed by atoms with Gasteiger partial charge in [0.15, 0.2) is 5.25 Å². The maximum absolute atomic E-state index is 11.5. The molecule has 104 valence electrons. The molecule has 0 bridgehead atoms. The van der Waals surface area contributed by atoms with Crippen molar-refractivity contribution >= 4 is 27.9 Å². The van der Waals surface area contributed by atoms with Gasteiger partial charge in [-0.25, -0.2) is 13.1 Å². The zero-order valence-corrected chi connectivity index (χ0v) is 10.6. The Morgan fingerprint density at radius 2 is 1.83 bits per heavy atom. The van der Waals surface area contributed by atoms with Gasteiger partial charge in [0.05, 0.1) is 13.7 Å². The van der Waals surface area contributed by atoms with Crippen molar-refractivity contribution in [3.05, 3.63) is 0 Å². The van der Waals surface area contributed by atoms with Crippen LogP contribution in [0.3, 0.4) is 0 Å². The van der Waals surface area contributed by atoms with Gasteiger partial charge in [0, 0.05) is 0 Å². The van der Waals surface area contributed by atoms with Gasteiger partial charge in [-0.3, -0.25) is 14.4 Å². The molecule has 0 aliphatic rings. The molecule has 0 rings (SSSR count). The van der Waals surface area contributed by atoms with Crippen LogP contribution in [0.4, 0.5) is 0 Å². The number of sulfonamides is 1. The number of esters is 1. The quantitative estimate of drug-likeness (QED) is 0.445. The van der Waals surface area contributed by atoms with Crippen molar-refractivity contribution in [1.29, 1.82) is 0 Å². The van der Waals surface area contributed by atoms with E-state index in [1.54, 1.807) is 0 Å². The van der Waals surface area contributed by atoms with E-state index in [9.17, 15) is 22.8 Å². The molecule has 0 saturated carbocycles. The largest absolute Gasteiger partial charge is 0.480 e. The Morgan fingerprint density at radius 3 is 2.28 bits per heavy atom. The van der Waals surface area contributed by atoms with E-state index in [1.165, 1.54) is 0 Å². The van der Waals surface area contributed by atoms with Gasteiger partial charge in [-0.1, -0.05) is 0 Å². The number of aliphatic carboxylic acids is 1. The maximum Gasteiger partial charge on any atom is 0.325 e. The SMILES string of the molecule is COC(=O)C(C)S(=O)(=O)NCC(=O)NCC(=O)O. The smallest absolute Gasteiger partial charge is 0.325 e. The molecule has 0 radical (unpaired) electrons. The average Bonchev–Trinajstić information content (AvgIpc) is 2.31. The summed E-state index contributed by atoms with van der Waals surface area (Å²) in [6, 6.07) is 0. The molecule has 1 unspecified atom stereocenters. The normalized spacial score (nSPS) is 12.6. The second-order valence-electron chi connectivity index (χ2n) is 3.20. The number of carboxylic acids is 1. The van der Waals surface area contributed by atoms with E-state index in [2.05, 4.69) is 4.74 Å². The first-order valence-electron chi connectivity index (χ1n) is 4.75. The van der Waals surface area contributed by atoms with Gasteiger partial charge in [-0.2, -0.15) is 0 Å². The molecule has 0 aliphatic carbocycles. The molecular weight excluding hydrogens is 268 g/mol. The third-order valence-corrected chi connectivity index (χ3v) is 3.54. The maximum atomic E-state index is 11.5. The minimum absolute atomic E-state index is 0.618. The Morgan fingerprint density at radius 1 is 1.28 bits per heavy atom. The van der Waals surface area contributed by atoms with Crippen molar-refractivity contribution in [3.8, 4) is 0 Å². The number of carboxylic acid groups (broad SMARTS) is 1. The van der Waals surface area contributed by atoms with Gasteiger partial charge in [0.1, 0.15) is 6.54 Å². The van der Waals surface area contributed by atoms with E-state index < -0.39 is 46.2 Å². The fraction of sp³-hybridized carbons (Fsp3) is 0.625. The minimum atomic E-state index is -4.04. The molecule has 9 nitrogen and oxygen atoms in total. The molecule has 1 amide bonds. The summed E-state index contributed by atoms with van der Waals surface area (Å²) in [5.74, 6) is -3.04. The van der Waals surface area contributed by atoms with Gasteiger partial charge in [-0.15, -0.1) is 0 Å². The third kappa shape index (κ3) is 5.59.